The summed E-state index contributed by atoms with van der Waals surface area (Å²) >= 11 is 1.89. The number of fused-ring (bicyclic) bond motifs is 14. The maximum Gasteiger partial charge on any atom is 0.252 e. The summed E-state index contributed by atoms with van der Waals surface area (Å²) in [6.07, 6.45) is 0. The van der Waals surface area contributed by atoms with Crippen LogP contribution in [-0.2, 0) is 0 Å². The predicted molar refractivity (Wildman–Crippen MR) is 288 cm³/mol. The minimum atomic E-state index is -0.110. The minimum Gasteiger partial charge on any atom is -0.455 e. The van der Waals surface area contributed by atoms with E-state index in [0.29, 0.717) is 0 Å². The van der Waals surface area contributed by atoms with Crippen molar-refractivity contribution in [3.05, 3.63) is 206 Å². The zero-order chi connectivity index (χ0) is 45.1. The lowest BCUT2D eigenvalue weighted by molar-refractivity contribution is 0.670. The highest BCUT2D eigenvalue weighted by Gasteiger charge is 2.43. The van der Waals surface area contributed by atoms with Gasteiger partial charge in [-0.3, -0.25) is 0 Å². The van der Waals surface area contributed by atoms with E-state index in [1.807, 2.05) is 35.6 Å². The Kier molecular flexibility index (Phi) is 7.42. The van der Waals surface area contributed by atoms with Crippen molar-refractivity contribution in [3.8, 4) is 33.6 Å². The first-order chi connectivity index (χ1) is 34.1. The Labute approximate surface area is 399 Å². The monoisotopic (exact) mass is 897 g/mol. The van der Waals surface area contributed by atoms with Crippen molar-refractivity contribution >= 4 is 126 Å². The smallest absolute Gasteiger partial charge is 0.252 e. The molecule has 16 rings (SSSR count). The molecule has 0 saturated carbocycles. The van der Waals surface area contributed by atoms with Crippen LogP contribution in [0.15, 0.2) is 205 Å². The van der Waals surface area contributed by atoms with Crippen LogP contribution < -0.4 is 21.3 Å². The maximum absolute atomic E-state index is 6.66. The van der Waals surface area contributed by atoms with Crippen LogP contribution in [0.1, 0.15) is 5.56 Å². The van der Waals surface area contributed by atoms with Crippen molar-refractivity contribution in [3.63, 3.8) is 0 Å². The van der Waals surface area contributed by atoms with E-state index in [0.717, 1.165) is 61.2 Å². The number of aromatic nitrogens is 4. The van der Waals surface area contributed by atoms with Crippen LogP contribution in [0, 0.1) is 6.92 Å². The number of furan rings is 1. The predicted octanol–water partition coefficient (Wildman–Crippen LogP) is 14.0. The number of thiophene rings is 1. The molecule has 6 heterocycles. The summed E-state index contributed by atoms with van der Waals surface area (Å²) in [7, 11) is 0. The van der Waals surface area contributed by atoms with E-state index in [-0.39, 0.29) is 6.71 Å². The third-order valence-electron chi connectivity index (χ3n) is 14.8. The highest BCUT2D eigenvalue weighted by Crippen LogP contribution is 2.46. The summed E-state index contributed by atoms with van der Waals surface area (Å²) in [6.45, 7) is 2.12. The molecule has 0 atom stereocenters. The molecule has 69 heavy (non-hydrogen) atoms. The molecule has 0 spiro atoms. The Bertz CT molecular complexity index is 4530. The fourth-order valence-corrected chi connectivity index (χ4v) is 13.1. The van der Waals surface area contributed by atoms with E-state index in [1.165, 1.54) is 86.4 Å². The second-order valence-electron chi connectivity index (χ2n) is 18.6. The van der Waals surface area contributed by atoms with Gasteiger partial charge in [0.05, 0.1) is 11.2 Å². The zero-order valence-corrected chi connectivity index (χ0v) is 38.0. The largest absolute Gasteiger partial charge is 0.455 e. The van der Waals surface area contributed by atoms with Gasteiger partial charge < -0.3 is 13.9 Å². The Balaban J connectivity index is 1.03. The van der Waals surface area contributed by atoms with Crippen LogP contribution in [0.2, 0.25) is 0 Å². The minimum absolute atomic E-state index is 0.110. The summed E-state index contributed by atoms with van der Waals surface area (Å²) in [5, 5.41) is 17.6. The Morgan fingerprint density at radius 2 is 1.19 bits per heavy atom. The number of aryl methyl sites for hydroxylation is 1. The molecular weight excluding hydrogens is 862 g/mol. The first kappa shape index (κ1) is 37.4. The van der Waals surface area contributed by atoms with Crippen molar-refractivity contribution in [2.45, 2.75) is 6.92 Å². The number of rotatable bonds is 4. The quantitative estimate of drug-likeness (QED) is 0.165. The van der Waals surface area contributed by atoms with Crippen LogP contribution in [0.25, 0.3) is 109 Å². The molecule has 0 saturated heterocycles. The van der Waals surface area contributed by atoms with Crippen molar-refractivity contribution < 1.29 is 4.42 Å². The number of nitrogens with zero attached hydrogens (tertiary/aromatic N) is 5. The van der Waals surface area contributed by atoms with Gasteiger partial charge in [0.15, 0.2) is 0 Å². The van der Waals surface area contributed by atoms with E-state index in [4.69, 9.17) is 14.6 Å². The molecule has 320 valence electrons. The summed E-state index contributed by atoms with van der Waals surface area (Å²) in [6, 6.07) is 73.0. The normalized spacial score (nSPS) is 12.9. The lowest BCUT2D eigenvalue weighted by Gasteiger charge is -2.40. The van der Waals surface area contributed by atoms with Crippen molar-refractivity contribution in [1.29, 1.82) is 0 Å². The van der Waals surface area contributed by atoms with E-state index in [2.05, 4.69) is 192 Å². The molecule has 0 unspecified atom stereocenters. The highest BCUT2D eigenvalue weighted by atomic mass is 32.1. The fraction of sp³-hybridized carbons (Fsp3) is 0.0164. The first-order valence-corrected chi connectivity index (χ1v) is 24.3. The van der Waals surface area contributed by atoms with Gasteiger partial charge in [-0.1, -0.05) is 121 Å². The van der Waals surface area contributed by atoms with Gasteiger partial charge in [-0.25, -0.2) is 0 Å². The SMILES string of the molecule is Cc1cc2c3c(c1)-n1c4ccc(-c5cccc6c5oc5ccccc56)cc4c4cc(-c5cccc6c5sc5ccccc56)cc(c41)B3c1cc3nn(-c4ccccc4)nc3cc1N2c1ccccc1. The highest BCUT2D eigenvalue weighted by molar-refractivity contribution is 7.26. The lowest BCUT2D eigenvalue weighted by Crippen LogP contribution is -2.60. The van der Waals surface area contributed by atoms with Gasteiger partial charge >= 0.3 is 0 Å². The average Bonchev–Trinajstić information content (AvgIpc) is 4.18. The Morgan fingerprint density at radius 1 is 0.493 bits per heavy atom. The van der Waals surface area contributed by atoms with Gasteiger partial charge in [0, 0.05) is 75.5 Å². The molecule has 0 radical (unpaired) electrons. The second-order valence-corrected chi connectivity index (χ2v) is 19.7. The summed E-state index contributed by atoms with van der Waals surface area (Å²) in [5.74, 6) is 0. The molecule has 0 amide bonds. The molecule has 8 heteroatoms. The van der Waals surface area contributed by atoms with Crippen molar-refractivity contribution in [2.24, 2.45) is 0 Å². The molecule has 14 aromatic rings. The van der Waals surface area contributed by atoms with Gasteiger partial charge in [0.25, 0.3) is 6.71 Å². The van der Waals surface area contributed by atoms with Crippen LogP contribution >= 0.6 is 11.3 Å². The summed E-state index contributed by atoms with van der Waals surface area (Å²) < 4.78 is 11.8. The van der Waals surface area contributed by atoms with E-state index in [9.17, 15) is 0 Å². The standard InChI is InChI=1S/C61H36BN5OS/c1-35-28-54-58-55(29-35)66-52-27-26-36(40-20-12-22-44-42-18-8-10-24-56(42)68-60(40)44)30-46(52)47-31-37(41-21-13-23-45-43-19-9-11-25-57(43)69-61(41)45)32-49(59(47)66)62(58)48-33-50-51(64-67(63-50)39-16-6-3-7-17-39)34-53(48)65(54)38-14-4-2-5-15-38/h2-34H,1H3. The Morgan fingerprint density at radius 3 is 2.04 bits per heavy atom. The molecule has 0 N–H and O–H groups in total. The summed E-state index contributed by atoms with van der Waals surface area (Å²) in [4.78, 5) is 4.23. The van der Waals surface area contributed by atoms with Gasteiger partial charge in [0.2, 0.25) is 0 Å². The van der Waals surface area contributed by atoms with E-state index in [1.54, 1.807) is 4.80 Å². The molecule has 2 aliphatic heterocycles. The van der Waals surface area contributed by atoms with Gasteiger partial charge in [0.1, 0.15) is 22.2 Å². The molecule has 0 aliphatic carbocycles. The maximum atomic E-state index is 6.66. The number of hydrogen-bond donors (Lipinski definition) is 0. The molecular formula is C61H36BN5OS. The molecule has 4 aromatic heterocycles. The van der Waals surface area contributed by atoms with Gasteiger partial charge in [-0.2, -0.15) is 4.80 Å². The molecule has 0 bridgehead atoms. The average molecular weight is 898 g/mol. The van der Waals surface area contributed by atoms with E-state index >= 15 is 0 Å². The van der Waals surface area contributed by atoms with Gasteiger partial charge in [-0.05, 0) is 124 Å². The van der Waals surface area contributed by atoms with Crippen LogP contribution in [0.5, 0.6) is 0 Å². The van der Waals surface area contributed by atoms with Gasteiger partial charge in [-0.15, -0.1) is 21.5 Å². The first-order valence-electron chi connectivity index (χ1n) is 23.5. The fourth-order valence-electron chi connectivity index (χ4n) is 11.9. The topological polar surface area (TPSA) is 52.0 Å². The van der Waals surface area contributed by atoms with Crippen LogP contribution in [-0.4, -0.2) is 26.3 Å². The van der Waals surface area contributed by atoms with Crippen molar-refractivity contribution in [2.75, 3.05) is 4.90 Å². The number of hydrogen-bond acceptors (Lipinski definition) is 5. The van der Waals surface area contributed by atoms with Crippen LogP contribution in [0.3, 0.4) is 0 Å². The third-order valence-corrected chi connectivity index (χ3v) is 16.0. The van der Waals surface area contributed by atoms with Crippen LogP contribution in [0.4, 0.5) is 17.1 Å². The molecule has 6 nitrogen and oxygen atoms in total. The van der Waals surface area contributed by atoms with Crippen molar-refractivity contribution in [1.82, 2.24) is 19.6 Å². The number of anilines is 3. The lowest BCUT2D eigenvalue weighted by atomic mass is 9.33. The number of benzene rings is 10. The zero-order valence-electron chi connectivity index (χ0n) is 37.2. The number of para-hydroxylation sites is 4. The molecule has 10 aromatic carbocycles. The third kappa shape index (κ3) is 5.15. The molecule has 2 aliphatic rings. The van der Waals surface area contributed by atoms with E-state index < -0.39 is 0 Å². The Hall–Kier alpha value is -8.72. The second kappa shape index (κ2) is 13.7. The summed E-state index contributed by atoms with van der Waals surface area (Å²) in [5.41, 5.74) is 21.1. The molecule has 0 fully saturated rings.